The molecule has 0 spiro atoms. The molecular formula is C14H23N3O. The summed E-state index contributed by atoms with van der Waals surface area (Å²) < 4.78 is 0. The smallest absolute Gasteiger partial charge is 0.221 e. The zero-order valence-electron chi connectivity index (χ0n) is 11.7. The molecule has 0 saturated carbocycles. The second-order valence-corrected chi connectivity index (χ2v) is 5.50. The van der Waals surface area contributed by atoms with Crippen molar-refractivity contribution < 1.29 is 4.79 Å². The summed E-state index contributed by atoms with van der Waals surface area (Å²) in [4.78, 5) is 15.7. The number of nitrogens with one attached hydrogen (secondary N) is 2. The Morgan fingerprint density at radius 3 is 2.50 bits per heavy atom. The van der Waals surface area contributed by atoms with Crippen LogP contribution >= 0.6 is 0 Å². The zero-order chi connectivity index (χ0) is 13.6. The zero-order valence-corrected chi connectivity index (χ0v) is 11.7. The predicted octanol–water partition coefficient (Wildman–Crippen LogP) is 2.04. The maximum Gasteiger partial charge on any atom is 0.221 e. The summed E-state index contributed by atoms with van der Waals surface area (Å²) in [5, 5.41) is 6.27. The van der Waals surface area contributed by atoms with Gasteiger partial charge in [0, 0.05) is 30.9 Å². The van der Waals surface area contributed by atoms with E-state index in [0.717, 1.165) is 5.56 Å². The van der Waals surface area contributed by atoms with Crippen molar-refractivity contribution in [2.75, 3.05) is 6.54 Å². The molecule has 0 aliphatic carbocycles. The summed E-state index contributed by atoms with van der Waals surface area (Å²) in [7, 11) is 0. The lowest BCUT2D eigenvalue weighted by atomic mass is 10.1. The van der Waals surface area contributed by atoms with Crippen LogP contribution in [0.15, 0.2) is 24.5 Å². The van der Waals surface area contributed by atoms with Crippen molar-refractivity contribution in [2.24, 2.45) is 0 Å². The van der Waals surface area contributed by atoms with Gasteiger partial charge in [-0.3, -0.25) is 9.78 Å². The van der Waals surface area contributed by atoms with E-state index in [-0.39, 0.29) is 17.5 Å². The fraction of sp³-hybridized carbons (Fsp3) is 0.571. The number of carbonyl (C=O) groups is 1. The van der Waals surface area contributed by atoms with Crippen LogP contribution in [0, 0.1) is 0 Å². The number of hydrogen-bond donors (Lipinski definition) is 2. The van der Waals surface area contributed by atoms with Crippen LogP contribution in [-0.4, -0.2) is 23.0 Å². The average molecular weight is 249 g/mol. The Kier molecular flexibility index (Phi) is 5.28. The maximum atomic E-state index is 11.7. The lowest BCUT2D eigenvalue weighted by Crippen LogP contribution is -2.38. The molecule has 1 heterocycles. The van der Waals surface area contributed by atoms with Gasteiger partial charge in [0.1, 0.15) is 0 Å². The quantitative estimate of drug-likeness (QED) is 0.839. The standard InChI is InChI=1S/C14H23N3O/c1-11(12-5-8-15-9-6-12)17-13(18)7-10-16-14(2,3)4/h5-6,8-9,11,16H,7,10H2,1-4H3,(H,17,18)/t11-/m1/s1. The van der Waals surface area contributed by atoms with Gasteiger partial charge in [-0.05, 0) is 45.4 Å². The lowest BCUT2D eigenvalue weighted by Gasteiger charge is -2.20. The fourth-order valence-corrected chi connectivity index (χ4v) is 1.60. The van der Waals surface area contributed by atoms with E-state index in [2.05, 4.69) is 36.4 Å². The van der Waals surface area contributed by atoms with E-state index in [9.17, 15) is 4.79 Å². The van der Waals surface area contributed by atoms with Crippen molar-refractivity contribution in [3.05, 3.63) is 30.1 Å². The minimum atomic E-state index is 0.0233. The van der Waals surface area contributed by atoms with E-state index >= 15 is 0 Å². The molecule has 1 aromatic rings. The van der Waals surface area contributed by atoms with E-state index in [1.165, 1.54) is 0 Å². The van der Waals surface area contributed by atoms with Gasteiger partial charge < -0.3 is 10.6 Å². The van der Waals surface area contributed by atoms with Crippen LogP contribution in [0.25, 0.3) is 0 Å². The number of aromatic nitrogens is 1. The highest BCUT2D eigenvalue weighted by Gasteiger charge is 2.11. The van der Waals surface area contributed by atoms with E-state index in [1.54, 1.807) is 12.4 Å². The highest BCUT2D eigenvalue weighted by atomic mass is 16.1. The Morgan fingerprint density at radius 1 is 1.33 bits per heavy atom. The van der Waals surface area contributed by atoms with Crippen LogP contribution < -0.4 is 10.6 Å². The molecule has 0 bridgehead atoms. The Labute approximate surface area is 109 Å². The third kappa shape index (κ3) is 5.77. The van der Waals surface area contributed by atoms with Crippen LogP contribution in [0.3, 0.4) is 0 Å². The van der Waals surface area contributed by atoms with Gasteiger partial charge in [-0.1, -0.05) is 0 Å². The van der Waals surface area contributed by atoms with Crippen LogP contribution in [0.4, 0.5) is 0 Å². The molecule has 18 heavy (non-hydrogen) atoms. The first-order valence-corrected chi connectivity index (χ1v) is 6.33. The molecule has 0 unspecified atom stereocenters. The van der Waals surface area contributed by atoms with Crippen molar-refractivity contribution in [2.45, 2.75) is 45.7 Å². The molecule has 1 aromatic heterocycles. The Hall–Kier alpha value is -1.42. The van der Waals surface area contributed by atoms with Gasteiger partial charge in [-0.2, -0.15) is 0 Å². The molecule has 0 fully saturated rings. The lowest BCUT2D eigenvalue weighted by molar-refractivity contribution is -0.121. The van der Waals surface area contributed by atoms with Crippen molar-refractivity contribution in [3.63, 3.8) is 0 Å². The molecule has 1 atom stereocenters. The molecule has 4 nitrogen and oxygen atoms in total. The summed E-state index contributed by atoms with van der Waals surface area (Å²) in [5.41, 5.74) is 1.12. The van der Waals surface area contributed by atoms with Crippen LogP contribution in [-0.2, 0) is 4.79 Å². The second-order valence-electron chi connectivity index (χ2n) is 5.50. The number of nitrogens with zero attached hydrogens (tertiary/aromatic N) is 1. The van der Waals surface area contributed by atoms with Crippen LogP contribution in [0.2, 0.25) is 0 Å². The second kappa shape index (κ2) is 6.50. The predicted molar refractivity (Wildman–Crippen MR) is 73.2 cm³/mol. The minimum Gasteiger partial charge on any atom is -0.350 e. The molecule has 100 valence electrons. The summed E-state index contributed by atoms with van der Waals surface area (Å²) in [6.45, 7) is 8.93. The number of rotatable bonds is 5. The molecule has 4 heteroatoms. The summed E-state index contributed by atoms with van der Waals surface area (Å²) in [6, 6.07) is 3.85. The molecule has 0 aliphatic heterocycles. The van der Waals surface area contributed by atoms with Gasteiger partial charge in [0.2, 0.25) is 5.91 Å². The normalized spacial score (nSPS) is 13.1. The van der Waals surface area contributed by atoms with E-state index in [4.69, 9.17) is 0 Å². The van der Waals surface area contributed by atoms with Crippen LogP contribution in [0.1, 0.15) is 45.7 Å². The first-order chi connectivity index (χ1) is 8.38. The van der Waals surface area contributed by atoms with E-state index in [0.29, 0.717) is 13.0 Å². The Morgan fingerprint density at radius 2 is 1.94 bits per heavy atom. The average Bonchev–Trinajstić information content (AvgIpc) is 2.28. The van der Waals surface area contributed by atoms with Crippen molar-refractivity contribution in [1.82, 2.24) is 15.6 Å². The van der Waals surface area contributed by atoms with Gasteiger partial charge in [-0.25, -0.2) is 0 Å². The summed E-state index contributed by atoms with van der Waals surface area (Å²) in [6.07, 6.45) is 3.96. The van der Waals surface area contributed by atoms with Gasteiger partial charge in [0.15, 0.2) is 0 Å². The van der Waals surface area contributed by atoms with Gasteiger partial charge in [-0.15, -0.1) is 0 Å². The van der Waals surface area contributed by atoms with Crippen molar-refractivity contribution in [1.29, 1.82) is 0 Å². The van der Waals surface area contributed by atoms with Crippen molar-refractivity contribution in [3.8, 4) is 0 Å². The molecule has 0 radical (unpaired) electrons. The van der Waals surface area contributed by atoms with E-state index < -0.39 is 0 Å². The van der Waals surface area contributed by atoms with Crippen LogP contribution in [0.5, 0.6) is 0 Å². The van der Waals surface area contributed by atoms with Gasteiger partial charge in [0.25, 0.3) is 0 Å². The third-order valence-corrected chi connectivity index (χ3v) is 2.59. The number of carbonyl (C=O) groups excluding carboxylic acids is 1. The first-order valence-electron chi connectivity index (χ1n) is 6.33. The fourth-order valence-electron chi connectivity index (χ4n) is 1.60. The minimum absolute atomic E-state index is 0.0233. The SMILES string of the molecule is C[C@@H](NC(=O)CCNC(C)(C)C)c1ccncc1. The monoisotopic (exact) mass is 249 g/mol. The molecule has 2 N–H and O–H groups in total. The maximum absolute atomic E-state index is 11.7. The number of hydrogen-bond acceptors (Lipinski definition) is 3. The first kappa shape index (κ1) is 14.6. The summed E-state index contributed by atoms with van der Waals surface area (Å²) >= 11 is 0. The number of pyridine rings is 1. The molecular weight excluding hydrogens is 226 g/mol. The van der Waals surface area contributed by atoms with Gasteiger partial charge >= 0.3 is 0 Å². The van der Waals surface area contributed by atoms with E-state index in [1.807, 2.05) is 19.1 Å². The largest absolute Gasteiger partial charge is 0.350 e. The molecule has 0 aliphatic rings. The number of amides is 1. The molecule has 1 rings (SSSR count). The Balaban J connectivity index is 2.32. The topological polar surface area (TPSA) is 54.0 Å². The molecule has 1 amide bonds. The molecule has 0 saturated heterocycles. The van der Waals surface area contributed by atoms with Crippen molar-refractivity contribution >= 4 is 5.91 Å². The van der Waals surface area contributed by atoms with Gasteiger partial charge in [0.05, 0.1) is 6.04 Å². The highest BCUT2D eigenvalue weighted by molar-refractivity contribution is 5.76. The molecule has 0 aromatic carbocycles. The summed E-state index contributed by atoms with van der Waals surface area (Å²) in [5.74, 6) is 0.0658. The Bertz CT molecular complexity index is 370. The highest BCUT2D eigenvalue weighted by Crippen LogP contribution is 2.10. The third-order valence-electron chi connectivity index (χ3n) is 2.59.